The van der Waals surface area contributed by atoms with Gasteiger partial charge in [-0.2, -0.15) is 0 Å². The second-order valence-electron chi connectivity index (χ2n) is 7.97. The molecule has 0 aromatic heterocycles. The molecule has 2 aromatic carbocycles. The topological polar surface area (TPSA) is 67.9 Å². The number of carbonyl (C=O) groups is 2. The van der Waals surface area contributed by atoms with Gasteiger partial charge in [0.15, 0.2) is 0 Å². The number of halogens is 1. The summed E-state index contributed by atoms with van der Waals surface area (Å²) in [7, 11) is 3.23. The van der Waals surface area contributed by atoms with Crippen molar-refractivity contribution in [3.05, 3.63) is 58.6 Å². The van der Waals surface area contributed by atoms with Crippen LogP contribution in [0, 0.1) is 5.92 Å². The lowest BCUT2D eigenvalue weighted by atomic mass is 9.99. The van der Waals surface area contributed by atoms with Gasteiger partial charge in [0.1, 0.15) is 17.5 Å². The Balaban J connectivity index is 1.86. The number of likely N-dealkylation sites (tertiary alicyclic amines) is 1. The van der Waals surface area contributed by atoms with Crippen LogP contribution in [0.1, 0.15) is 48.7 Å². The third kappa shape index (κ3) is 4.96. The summed E-state index contributed by atoms with van der Waals surface area (Å²) in [4.78, 5) is 28.3. The molecule has 0 radical (unpaired) electrons. The third-order valence-corrected chi connectivity index (χ3v) is 6.00. The Morgan fingerprint density at radius 1 is 1.13 bits per heavy atom. The number of ether oxygens (including phenoxy) is 2. The summed E-state index contributed by atoms with van der Waals surface area (Å²) in [6, 6.07) is 11.6. The van der Waals surface area contributed by atoms with Gasteiger partial charge in [-0.1, -0.05) is 37.6 Å². The van der Waals surface area contributed by atoms with E-state index in [4.69, 9.17) is 21.1 Å². The molecular weight excluding hydrogens is 416 g/mol. The second-order valence-corrected chi connectivity index (χ2v) is 8.38. The molecule has 1 N–H and O–H groups in total. The molecule has 2 atom stereocenters. The van der Waals surface area contributed by atoms with Gasteiger partial charge in [-0.3, -0.25) is 9.59 Å². The van der Waals surface area contributed by atoms with Crippen LogP contribution in [0.25, 0.3) is 0 Å². The number of amides is 2. The lowest BCUT2D eigenvalue weighted by Gasteiger charge is -2.32. The SMILES string of the molecule is COc1ccc(OC)c(C2CCCN2C(=O)C(NC(=O)c2ccccc2Cl)C(C)C)c1. The van der Waals surface area contributed by atoms with Gasteiger partial charge in [0, 0.05) is 12.1 Å². The van der Waals surface area contributed by atoms with Crippen LogP contribution in [0.4, 0.5) is 0 Å². The van der Waals surface area contributed by atoms with Gasteiger partial charge in [0.05, 0.1) is 30.8 Å². The van der Waals surface area contributed by atoms with Gasteiger partial charge in [-0.15, -0.1) is 0 Å². The van der Waals surface area contributed by atoms with Crippen molar-refractivity contribution < 1.29 is 19.1 Å². The Labute approximate surface area is 188 Å². The number of nitrogens with zero attached hydrogens (tertiary/aromatic N) is 1. The maximum absolute atomic E-state index is 13.6. The fraction of sp³-hybridized carbons (Fsp3) is 0.417. The molecule has 0 bridgehead atoms. The Morgan fingerprint density at radius 3 is 2.52 bits per heavy atom. The summed E-state index contributed by atoms with van der Waals surface area (Å²) in [5.41, 5.74) is 1.27. The number of carbonyl (C=O) groups excluding carboxylic acids is 2. The van der Waals surface area contributed by atoms with E-state index in [0.29, 0.717) is 28.6 Å². The van der Waals surface area contributed by atoms with E-state index in [1.165, 1.54) is 0 Å². The smallest absolute Gasteiger partial charge is 0.253 e. The quantitative estimate of drug-likeness (QED) is 0.683. The van der Waals surface area contributed by atoms with Gasteiger partial charge in [-0.25, -0.2) is 0 Å². The van der Waals surface area contributed by atoms with Crippen molar-refractivity contribution >= 4 is 23.4 Å². The van der Waals surface area contributed by atoms with Gasteiger partial charge in [0.25, 0.3) is 5.91 Å². The highest BCUT2D eigenvalue weighted by Crippen LogP contribution is 2.39. The van der Waals surface area contributed by atoms with Gasteiger partial charge < -0.3 is 19.7 Å². The molecular formula is C24H29ClN2O4. The fourth-order valence-corrected chi connectivity index (χ4v) is 4.23. The van der Waals surface area contributed by atoms with Crippen LogP contribution in [-0.2, 0) is 4.79 Å². The number of hydrogen-bond acceptors (Lipinski definition) is 4. The fourth-order valence-electron chi connectivity index (χ4n) is 4.01. The summed E-state index contributed by atoms with van der Waals surface area (Å²) >= 11 is 6.17. The lowest BCUT2D eigenvalue weighted by molar-refractivity contribution is -0.135. The van der Waals surface area contributed by atoms with E-state index in [2.05, 4.69) is 5.32 Å². The maximum atomic E-state index is 13.6. The van der Waals surface area contributed by atoms with Crippen LogP contribution in [0.5, 0.6) is 11.5 Å². The molecule has 1 aliphatic rings. The van der Waals surface area contributed by atoms with Crippen LogP contribution in [-0.4, -0.2) is 43.5 Å². The van der Waals surface area contributed by atoms with Crippen molar-refractivity contribution in [3.8, 4) is 11.5 Å². The molecule has 0 saturated carbocycles. The number of hydrogen-bond donors (Lipinski definition) is 1. The Kier molecular flexibility index (Phi) is 7.44. The third-order valence-electron chi connectivity index (χ3n) is 5.67. The maximum Gasteiger partial charge on any atom is 0.253 e. The monoisotopic (exact) mass is 444 g/mol. The Morgan fingerprint density at radius 2 is 1.87 bits per heavy atom. The van der Waals surface area contributed by atoms with Crippen molar-refractivity contribution in [1.29, 1.82) is 0 Å². The van der Waals surface area contributed by atoms with Crippen molar-refractivity contribution in [3.63, 3.8) is 0 Å². The summed E-state index contributed by atoms with van der Waals surface area (Å²) in [5, 5.41) is 3.26. The predicted octanol–water partition coefficient (Wildman–Crippen LogP) is 4.48. The molecule has 2 aromatic rings. The largest absolute Gasteiger partial charge is 0.497 e. The zero-order valence-electron chi connectivity index (χ0n) is 18.4. The van der Waals surface area contributed by atoms with Crippen molar-refractivity contribution in [2.24, 2.45) is 5.92 Å². The summed E-state index contributed by atoms with van der Waals surface area (Å²) < 4.78 is 10.9. The Bertz CT molecular complexity index is 947. The molecule has 6 nitrogen and oxygen atoms in total. The highest BCUT2D eigenvalue weighted by molar-refractivity contribution is 6.33. The lowest BCUT2D eigenvalue weighted by Crippen LogP contribution is -2.51. The van der Waals surface area contributed by atoms with E-state index < -0.39 is 6.04 Å². The molecule has 166 valence electrons. The zero-order valence-corrected chi connectivity index (χ0v) is 19.1. The van der Waals surface area contributed by atoms with Crippen LogP contribution < -0.4 is 14.8 Å². The van der Waals surface area contributed by atoms with Crippen LogP contribution >= 0.6 is 11.6 Å². The van der Waals surface area contributed by atoms with Gasteiger partial charge >= 0.3 is 0 Å². The molecule has 1 aliphatic heterocycles. The van der Waals surface area contributed by atoms with E-state index in [9.17, 15) is 9.59 Å². The first-order chi connectivity index (χ1) is 14.9. The molecule has 31 heavy (non-hydrogen) atoms. The minimum atomic E-state index is -0.666. The van der Waals surface area contributed by atoms with Gasteiger partial charge in [0.2, 0.25) is 5.91 Å². The first kappa shape index (κ1) is 22.9. The van der Waals surface area contributed by atoms with Crippen molar-refractivity contribution in [1.82, 2.24) is 10.2 Å². The minimum Gasteiger partial charge on any atom is -0.497 e. The second kappa shape index (κ2) is 10.1. The highest BCUT2D eigenvalue weighted by atomic mass is 35.5. The summed E-state index contributed by atoms with van der Waals surface area (Å²) in [6.45, 7) is 4.47. The van der Waals surface area contributed by atoms with E-state index in [1.807, 2.05) is 36.9 Å². The summed E-state index contributed by atoms with van der Waals surface area (Å²) in [5.74, 6) is 0.872. The molecule has 1 fully saturated rings. The number of benzene rings is 2. The van der Waals surface area contributed by atoms with E-state index in [0.717, 1.165) is 18.4 Å². The first-order valence-corrected chi connectivity index (χ1v) is 10.8. The average Bonchev–Trinajstić information content (AvgIpc) is 3.26. The molecule has 2 amide bonds. The van der Waals surface area contributed by atoms with E-state index in [-0.39, 0.29) is 23.8 Å². The number of methoxy groups -OCH3 is 2. The Hall–Kier alpha value is -2.73. The van der Waals surface area contributed by atoms with E-state index in [1.54, 1.807) is 38.5 Å². The minimum absolute atomic E-state index is 0.0904. The highest BCUT2D eigenvalue weighted by Gasteiger charge is 2.37. The van der Waals surface area contributed by atoms with Crippen molar-refractivity contribution in [2.45, 2.75) is 38.8 Å². The number of nitrogens with one attached hydrogen (secondary N) is 1. The normalized spacial score (nSPS) is 16.8. The standard InChI is InChI=1S/C24H29ClN2O4/c1-15(2)22(26-23(28)17-8-5-6-9-19(17)25)24(29)27-13-7-10-20(27)18-14-16(30-3)11-12-21(18)31-4/h5-6,8-9,11-12,14-15,20,22H,7,10,13H2,1-4H3,(H,26,28). The first-order valence-electron chi connectivity index (χ1n) is 10.4. The average molecular weight is 445 g/mol. The van der Waals surface area contributed by atoms with Crippen molar-refractivity contribution in [2.75, 3.05) is 20.8 Å². The summed E-state index contributed by atoms with van der Waals surface area (Å²) in [6.07, 6.45) is 1.69. The zero-order chi connectivity index (χ0) is 22.5. The molecule has 2 unspecified atom stereocenters. The van der Waals surface area contributed by atoms with Crippen LogP contribution in [0.15, 0.2) is 42.5 Å². The van der Waals surface area contributed by atoms with Gasteiger partial charge in [-0.05, 0) is 49.1 Å². The molecule has 7 heteroatoms. The molecule has 0 spiro atoms. The predicted molar refractivity (Wildman–Crippen MR) is 121 cm³/mol. The molecule has 1 saturated heterocycles. The number of rotatable bonds is 7. The van der Waals surface area contributed by atoms with Crippen LogP contribution in [0.3, 0.4) is 0 Å². The molecule has 0 aliphatic carbocycles. The molecule has 1 heterocycles. The van der Waals surface area contributed by atoms with Crippen LogP contribution in [0.2, 0.25) is 5.02 Å². The molecule has 3 rings (SSSR count). The van der Waals surface area contributed by atoms with E-state index >= 15 is 0 Å².